The highest BCUT2D eigenvalue weighted by molar-refractivity contribution is 6.88. The second-order valence-corrected chi connectivity index (χ2v) is 15.7. The summed E-state index contributed by atoms with van der Waals surface area (Å²) in [5, 5.41) is 22.9. The van der Waals surface area contributed by atoms with Crippen molar-refractivity contribution in [3.8, 4) is 56.0 Å². The van der Waals surface area contributed by atoms with Crippen LogP contribution in [-0.4, -0.2) is 18.3 Å². The van der Waals surface area contributed by atoms with Crippen molar-refractivity contribution in [2.45, 2.75) is 19.6 Å². The molecule has 0 heterocycles. The van der Waals surface area contributed by atoms with Crippen LogP contribution in [0.3, 0.4) is 0 Å². The Kier molecular flexibility index (Phi) is 6.83. The molecule has 0 aliphatic heterocycles. The van der Waals surface area contributed by atoms with Crippen LogP contribution in [0.1, 0.15) is 0 Å². The zero-order valence-electron chi connectivity index (χ0n) is 21.8. The maximum Gasteiger partial charge on any atom is 0.195 e. The highest BCUT2D eigenvalue weighted by atomic mass is 28.3. The van der Waals surface area contributed by atoms with Gasteiger partial charge in [-0.15, -0.1) is 0 Å². The summed E-state index contributed by atoms with van der Waals surface area (Å²) < 4.78 is 43.2. The molecule has 0 amide bonds. The van der Waals surface area contributed by atoms with Gasteiger partial charge in [0.15, 0.2) is 17.5 Å². The molecule has 0 aliphatic rings. The Morgan fingerprint density at radius 3 is 1.54 bits per heavy atom. The minimum Gasteiger partial charge on any atom is -0.507 e. The first-order valence-electron chi connectivity index (χ1n) is 12.5. The average Bonchev–Trinajstić information content (AvgIpc) is 2.93. The fourth-order valence-corrected chi connectivity index (χ4v) is 5.85. The number of phenols is 2. The molecule has 0 saturated heterocycles. The Bertz CT molecular complexity index is 1620. The van der Waals surface area contributed by atoms with Crippen molar-refractivity contribution < 1.29 is 23.4 Å². The number of hydrogen-bond acceptors (Lipinski definition) is 2. The number of hydrogen-bond donors (Lipinski definition) is 2. The van der Waals surface area contributed by atoms with Gasteiger partial charge in [-0.05, 0) is 46.0 Å². The van der Waals surface area contributed by atoms with Gasteiger partial charge in [0, 0.05) is 17.2 Å². The molecule has 0 atom stereocenters. The number of aromatic hydroxyl groups is 2. The van der Waals surface area contributed by atoms with Crippen LogP contribution >= 0.6 is 0 Å². The topological polar surface area (TPSA) is 40.5 Å². The molecule has 2 N–H and O–H groups in total. The van der Waals surface area contributed by atoms with Crippen LogP contribution in [0.25, 0.3) is 44.5 Å². The van der Waals surface area contributed by atoms with Crippen LogP contribution in [0.4, 0.5) is 13.2 Å². The highest BCUT2D eigenvalue weighted by Crippen LogP contribution is 2.44. The van der Waals surface area contributed by atoms with Crippen LogP contribution in [-0.2, 0) is 0 Å². The summed E-state index contributed by atoms with van der Waals surface area (Å²) in [6.07, 6.45) is 0. The predicted molar refractivity (Wildman–Crippen MR) is 154 cm³/mol. The van der Waals surface area contributed by atoms with Crippen molar-refractivity contribution in [2.24, 2.45) is 0 Å². The molecule has 0 fully saturated rings. The summed E-state index contributed by atoms with van der Waals surface area (Å²) in [6.45, 7) is 6.26. The third kappa shape index (κ3) is 5.08. The molecule has 0 saturated carbocycles. The van der Waals surface area contributed by atoms with Gasteiger partial charge >= 0.3 is 0 Å². The summed E-state index contributed by atoms with van der Waals surface area (Å²) in [4.78, 5) is 0. The quantitative estimate of drug-likeness (QED) is 0.173. The molecule has 0 bridgehead atoms. The Balaban J connectivity index is 1.84. The summed E-state index contributed by atoms with van der Waals surface area (Å²) in [6, 6.07) is 29.5. The van der Waals surface area contributed by atoms with Crippen molar-refractivity contribution in [1.82, 2.24) is 0 Å². The first kappa shape index (κ1) is 26.3. The van der Waals surface area contributed by atoms with Gasteiger partial charge in [-0.3, -0.25) is 0 Å². The average molecular weight is 541 g/mol. The van der Waals surface area contributed by atoms with Crippen LogP contribution in [0.15, 0.2) is 97.1 Å². The molecule has 0 unspecified atom stereocenters. The molecule has 0 spiro atoms. The standard InChI is InChI=1S/C33H27F3O2Si/c1-39(2,3)25-17-26(33(38)27(18-25)30-29(37)19-28(34)31(35)32(30)36)24-15-22(20-10-6-4-7-11-20)14-23(16-24)21-12-8-5-9-13-21/h4-19,37-38H,1-3H3. The lowest BCUT2D eigenvalue weighted by Gasteiger charge is -2.22. The molecule has 0 radical (unpaired) electrons. The minimum absolute atomic E-state index is 0.0924. The van der Waals surface area contributed by atoms with E-state index in [2.05, 4.69) is 25.7 Å². The molecule has 39 heavy (non-hydrogen) atoms. The van der Waals surface area contributed by atoms with Gasteiger partial charge in [0.25, 0.3) is 0 Å². The monoisotopic (exact) mass is 540 g/mol. The summed E-state index contributed by atoms with van der Waals surface area (Å²) in [7, 11) is -2.08. The second-order valence-electron chi connectivity index (χ2n) is 10.6. The largest absolute Gasteiger partial charge is 0.507 e. The molecule has 196 valence electrons. The zero-order valence-corrected chi connectivity index (χ0v) is 22.8. The fraction of sp³-hybridized carbons (Fsp3) is 0.0909. The Labute approximate surface area is 226 Å². The molecule has 6 heteroatoms. The number of phenolic OH excluding ortho intramolecular Hbond substituents is 2. The van der Waals surface area contributed by atoms with Crippen LogP contribution in [0.5, 0.6) is 11.5 Å². The van der Waals surface area contributed by atoms with E-state index in [0.717, 1.165) is 27.4 Å². The van der Waals surface area contributed by atoms with Crippen LogP contribution in [0, 0.1) is 17.5 Å². The molecule has 0 aromatic heterocycles. The van der Waals surface area contributed by atoms with Crippen molar-refractivity contribution in [1.29, 1.82) is 0 Å². The van der Waals surface area contributed by atoms with Crippen molar-refractivity contribution in [2.75, 3.05) is 0 Å². The molecular formula is C33H27F3O2Si. The first-order valence-corrected chi connectivity index (χ1v) is 16.0. The van der Waals surface area contributed by atoms with E-state index in [1.165, 1.54) is 0 Å². The van der Waals surface area contributed by atoms with E-state index < -0.39 is 36.8 Å². The third-order valence-electron chi connectivity index (χ3n) is 6.85. The Hall–Kier alpha value is -4.29. The lowest BCUT2D eigenvalue weighted by molar-refractivity contribution is 0.421. The predicted octanol–water partition coefficient (Wildman–Crippen LogP) is 8.73. The van der Waals surface area contributed by atoms with E-state index >= 15 is 4.39 Å². The Morgan fingerprint density at radius 1 is 0.538 bits per heavy atom. The zero-order chi connectivity index (χ0) is 27.9. The maximum absolute atomic E-state index is 15.0. The third-order valence-corrected chi connectivity index (χ3v) is 8.87. The van der Waals surface area contributed by atoms with Gasteiger partial charge in [0.1, 0.15) is 11.5 Å². The van der Waals surface area contributed by atoms with Gasteiger partial charge in [0.2, 0.25) is 0 Å². The van der Waals surface area contributed by atoms with E-state index in [-0.39, 0.29) is 11.3 Å². The number of benzene rings is 5. The van der Waals surface area contributed by atoms with E-state index in [0.29, 0.717) is 17.2 Å². The molecule has 5 aromatic carbocycles. The van der Waals surface area contributed by atoms with Gasteiger partial charge in [-0.25, -0.2) is 13.2 Å². The Morgan fingerprint density at radius 2 is 1.03 bits per heavy atom. The normalized spacial score (nSPS) is 11.5. The maximum atomic E-state index is 15.0. The molecule has 2 nitrogen and oxygen atoms in total. The van der Waals surface area contributed by atoms with Gasteiger partial charge in [-0.2, -0.15) is 0 Å². The van der Waals surface area contributed by atoms with Crippen LogP contribution < -0.4 is 5.19 Å². The summed E-state index contributed by atoms with van der Waals surface area (Å²) in [5.74, 6) is -5.88. The molecule has 0 aliphatic carbocycles. The van der Waals surface area contributed by atoms with E-state index in [1.54, 1.807) is 6.07 Å². The SMILES string of the molecule is C[Si](C)(C)c1cc(-c2cc(-c3ccccc3)cc(-c3ccccc3)c2)c(O)c(-c2c(O)cc(F)c(F)c2F)c1. The van der Waals surface area contributed by atoms with Crippen molar-refractivity contribution in [3.63, 3.8) is 0 Å². The summed E-state index contributed by atoms with van der Waals surface area (Å²) in [5.41, 5.74) is 4.17. The summed E-state index contributed by atoms with van der Waals surface area (Å²) >= 11 is 0. The van der Waals surface area contributed by atoms with Crippen molar-refractivity contribution >= 4 is 13.3 Å². The highest BCUT2D eigenvalue weighted by Gasteiger charge is 2.27. The first-order chi connectivity index (χ1) is 18.5. The second kappa shape index (κ2) is 10.1. The minimum atomic E-state index is -2.08. The van der Waals surface area contributed by atoms with Gasteiger partial charge < -0.3 is 10.2 Å². The fourth-order valence-electron chi connectivity index (χ4n) is 4.69. The lowest BCUT2D eigenvalue weighted by Crippen LogP contribution is -2.37. The molecular weight excluding hydrogens is 513 g/mol. The van der Waals surface area contributed by atoms with Gasteiger partial charge in [0.05, 0.1) is 13.6 Å². The number of halogens is 3. The smallest absolute Gasteiger partial charge is 0.195 e. The molecule has 5 rings (SSSR count). The van der Waals surface area contributed by atoms with Crippen molar-refractivity contribution in [3.05, 3.63) is 115 Å². The molecule has 5 aromatic rings. The van der Waals surface area contributed by atoms with Gasteiger partial charge in [-0.1, -0.05) is 97.6 Å². The van der Waals surface area contributed by atoms with E-state index in [1.807, 2.05) is 78.9 Å². The van der Waals surface area contributed by atoms with Crippen LogP contribution in [0.2, 0.25) is 19.6 Å². The van der Waals surface area contributed by atoms with E-state index in [4.69, 9.17) is 0 Å². The van der Waals surface area contributed by atoms with E-state index in [9.17, 15) is 19.0 Å². The lowest BCUT2D eigenvalue weighted by atomic mass is 9.91. The number of rotatable bonds is 5.